The Kier molecular flexibility index (Phi) is 2.88. The van der Waals surface area contributed by atoms with Crippen molar-refractivity contribution in [2.45, 2.75) is 25.2 Å². The van der Waals surface area contributed by atoms with Crippen LogP contribution in [0.5, 0.6) is 0 Å². The smallest absolute Gasteiger partial charge is 0.234 e. The Morgan fingerprint density at radius 3 is 2.83 bits per heavy atom. The fraction of sp³-hybridized carbons (Fsp3) is 0.429. The zero-order valence-corrected chi connectivity index (χ0v) is 10.5. The highest BCUT2D eigenvalue weighted by Crippen LogP contribution is 2.30. The molecule has 4 nitrogen and oxygen atoms in total. The Hall–Kier alpha value is -1.68. The molecule has 1 aliphatic rings. The molecule has 1 N–H and O–H groups in total. The van der Waals surface area contributed by atoms with E-state index in [0.717, 1.165) is 37.4 Å². The second-order valence-corrected chi connectivity index (χ2v) is 5.13. The van der Waals surface area contributed by atoms with E-state index in [4.69, 9.17) is 4.52 Å². The lowest BCUT2D eigenvalue weighted by Crippen LogP contribution is -2.41. The number of nitrogens with zero attached hydrogens (tertiary/aromatic N) is 2. The van der Waals surface area contributed by atoms with E-state index in [1.807, 2.05) is 30.3 Å². The summed E-state index contributed by atoms with van der Waals surface area (Å²) in [6.45, 7) is 4.17. The van der Waals surface area contributed by atoms with Gasteiger partial charge in [-0.15, -0.1) is 0 Å². The van der Waals surface area contributed by atoms with Gasteiger partial charge >= 0.3 is 0 Å². The van der Waals surface area contributed by atoms with Crippen LogP contribution in [0.1, 0.15) is 25.7 Å². The number of aromatic nitrogens is 2. The fourth-order valence-corrected chi connectivity index (χ4v) is 2.41. The second-order valence-electron chi connectivity index (χ2n) is 5.13. The predicted octanol–water partition coefficient (Wildman–Crippen LogP) is 2.38. The predicted molar refractivity (Wildman–Crippen MR) is 69.2 cm³/mol. The number of piperidine rings is 1. The molecule has 2 aromatic rings. The quantitative estimate of drug-likeness (QED) is 0.879. The SMILES string of the molecule is CC1(c2nc(-c3ccccc3)no2)CCCNC1. The molecule has 0 amide bonds. The second kappa shape index (κ2) is 4.53. The molecular weight excluding hydrogens is 226 g/mol. The van der Waals surface area contributed by atoms with Gasteiger partial charge in [-0.05, 0) is 26.3 Å². The van der Waals surface area contributed by atoms with E-state index in [1.165, 1.54) is 0 Å². The number of hydrogen-bond donors (Lipinski definition) is 1. The van der Waals surface area contributed by atoms with E-state index in [1.54, 1.807) is 0 Å². The summed E-state index contributed by atoms with van der Waals surface area (Å²) in [5.74, 6) is 1.42. The van der Waals surface area contributed by atoms with Crippen LogP contribution in [-0.4, -0.2) is 23.2 Å². The van der Waals surface area contributed by atoms with Crippen molar-refractivity contribution in [2.24, 2.45) is 0 Å². The summed E-state index contributed by atoms with van der Waals surface area (Å²) in [4.78, 5) is 4.56. The molecule has 0 bridgehead atoms. The number of benzene rings is 1. The van der Waals surface area contributed by atoms with E-state index < -0.39 is 0 Å². The van der Waals surface area contributed by atoms with Gasteiger partial charge in [-0.1, -0.05) is 35.5 Å². The molecule has 0 radical (unpaired) electrons. The standard InChI is InChI=1S/C14H17N3O/c1-14(8-5-9-15-10-14)13-16-12(17-18-13)11-6-3-2-4-7-11/h2-4,6-7,15H,5,8-10H2,1H3. The van der Waals surface area contributed by atoms with Crippen LogP contribution in [0.15, 0.2) is 34.9 Å². The highest BCUT2D eigenvalue weighted by atomic mass is 16.5. The lowest BCUT2D eigenvalue weighted by Gasteiger charge is -2.30. The summed E-state index contributed by atoms with van der Waals surface area (Å²) in [6.07, 6.45) is 2.25. The lowest BCUT2D eigenvalue weighted by molar-refractivity contribution is 0.245. The van der Waals surface area contributed by atoms with Crippen molar-refractivity contribution in [1.82, 2.24) is 15.5 Å². The van der Waals surface area contributed by atoms with Crippen molar-refractivity contribution in [2.75, 3.05) is 13.1 Å². The molecule has 2 heterocycles. The van der Waals surface area contributed by atoms with Gasteiger partial charge in [0, 0.05) is 12.1 Å². The summed E-state index contributed by atoms with van der Waals surface area (Å²) >= 11 is 0. The largest absolute Gasteiger partial charge is 0.338 e. The van der Waals surface area contributed by atoms with Crippen molar-refractivity contribution >= 4 is 0 Å². The first kappa shape index (κ1) is 11.4. The third kappa shape index (κ3) is 2.04. The first-order valence-electron chi connectivity index (χ1n) is 6.38. The average Bonchev–Trinajstić information content (AvgIpc) is 2.91. The van der Waals surface area contributed by atoms with Gasteiger partial charge in [0.1, 0.15) is 0 Å². The Bertz CT molecular complexity index is 515. The third-order valence-corrected chi connectivity index (χ3v) is 3.57. The summed E-state index contributed by atoms with van der Waals surface area (Å²) in [5.41, 5.74) is 0.970. The highest BCUT2D eigenvalue weighted by Gasteiger charge is 2.34. The van der Waals surface area contributed by atoms with E-state index in [2.05, 4.69) is 22.4 Å². The van der Waals surface area contributed by atoms with E-state index in [9.17, 15) is 0 Å². The van der Waals surface area contributed by atoms with E-state index >= 15 is 0 Å². The molecule has 1 aromatic heterocycles. The van der Waals surface area contributed by atoms with Gasteiger partial charge in [0.25, 0.3) is 0 Å². The molecule has 18 heavy (non-hydrogen) atoms. The molecule has 1 fully saturated rings. The molecule has 1 saturated heterocycles. The molecule has 1 atom stereocenters. The van der Waals surface area contributed by atoms with Crippen molar-refractivity contribution in [3.05, 3.63) is 36.2 Å². The van der Waals surface area contributed by atoms with Gasteiger partial charge in [-0.2, -0.15) is 4.98 Å². The summed E-state index contributed by atoms with van der Waals surface area (Å²) in [5, 5.41) is 7.49. The maximum Gasteiger partial charge on any atom is 0.234 e. The maximum atomic E-state index is 5.46. The molecule has 4 heteroatoms. The molecule has 1 aromatic carbocycles. The van der Waals surface area contributed by atoms with Crippen LogP contribution in [0.25, 0.3) is 11.4 Å². The highest BCUT2D eigenvalue weighted by molar-refractivity contribution is 5.53. The molecular formula is C14H17N3O. The van der Waals surface area contributed by atoms with Gasteiger partial charge in [0.2, 0.25) is 11.7 Å². The maximum absolute atomic E-state index is 5.46. The lowest BCUT2D eigenvalue weighted by atomic mass is 9.83. The van der Waals surface area contributed by atoms with Crippen LogP contribution < -0.4 is 5.32 Å². The monoisotopic (exact) mass is 243 g/mol. The minimum atomic E-state index is -0.0295. The number of nitrogens with one attached hydrogen (secondary N) is 1. The topological polar surface area (TPSA) is 51.0 Å². The van der Waals surface area contributed by atoms with Crippen molar-refractivity contribution in [3.63, 3.8) is 0 Å². The Balaban J connectivity index is 1.89. The molecule has 0 aliphatic carbocycles. The van der Waals surface area contributed by atoms with Gasteiger partial charge in [-0.25, -0.2) is 0 Å². The normalized spacial score (nSPS) is 24.1. The zero-order valence-electron chi connectivity index (χ0n) is 10.5. The van der Waals surface area contributed by atoms with Crippen LogP contribution >= 0.6 is 0 Å². The van der Waals surface area contributed by atoms with Crippen molar-refractivity contribution in [3.8, 4) is 11.4 Å². The van der Waals surface area contributed by atoms with Crippen LogP contribution in [0.4, 0.5) is 0 Å². The Morgan fingerprint density at radius 2 is 2.11 bits per heavy atom. The van der Waals surface area contributed by atoms with Crippen LogP contribution in [-0.2, 0) is 5.41 Å². The van der Waals surface area contributed by atoms with Gasteiger partial charge in [0.05, 0.1) is 5.41 Å². The number of hydrogen-bond acceptors (Lipinski definition) is 4. The summed E-state index contributed by atoms with van der Waals surface area (Å²) < 4.78 is 5.46. The first-order valence-corrected chi connectivity index (χ1v) is 6.38. The minimum absolute atomic E-state index is 0.0295. The molecule has 1 aliphatic heterocycles. The Labute approximate surface area is 106 Å². The van der Waals surface area contributed by atoms with Crippen molar-refractivity contribution < 1.29 is 4.52 Å². The van der Waals surface area contributed by atoms with E-state index in [0.29, 0.717) is 5.82 Å². The average molecular weight is 243 g/mol. The van der Waals surface area contributed by atoms with E-state index in [-0.39, 0.29) is 5.41 Å². The molecule has 1 unspecified atom stereocenters. The van der Waals surface area contributed by atoms with Crippen molar-refractivity contribution in [1.29, 1.82) is 0 Å². The summed E-state index contributed by atoms with van der Waals surface area (Å²) in [7, 11) is 0. The number of rotatable bonds is 2. The van der Waals surface area contributed by atoms with Crippen LogP contribution in [0.2, 0.25) is 0 Å². The van der Waals surface area contributed by atoms with Gasteiger partial charge in [0.15, 0.2) is 0 Å². The summed E-state index contributed by atoms with van der Waals surface area (Å²) in [6, 6.07) is 9.94. The first-order chi connectivity index (χ1) is 8.78. The molecule has 94 valence electrons. The van der Waals surface area contributed by atoms with Gasteiger partial charge in [-0.3, -0.25) is 0 Å². The third-order valence-electron chi connectivity index (χ3n) is 3.57. The molecule has 0 saturated carbocycles. The molecule has 3 rings (SSSR count). The Morgan fingerprint density at radius 1 is 1.28 bits per heavy atom. The minimum Gasteiger partial charge on any atom is -0.338 e. The van der Waals surface area contributed by atoms with Gasteiger partial charge < -0.3 is 9.84 Å². The zero-order chi connectivity index (χ0) is 12.4. The van der Waals surface area contributed by atoms with Crippen LogP contribution in [0, 0.1) is 0 Å². The van der Waals surface area contributed by atoms with Crippen LogP contribution in [0.3, 0.4) is 0 Å². The molecule has 0 spiro atoms. The fourth-order valence-electron chi connectivity index (χ4n) is 2.41.